The molecule has 3 nitrogen and oxygen atoms in total. The number of nitrogens with one attached hydrogen (secondary N) is 1. The van der Waals surface area contributed by atoms with E-state index >= 15 is 0 Å². The monoisotopic (exact) mass is 322 g/mol. The van der Waals surface area contributed by atoms with Crippen molar-refractivity contribution in [3.8, 4) is 11.3 Å². The average molecular weight is 322 g/mol. The molecule has 0 aliphatic heterocycles. The molecule has 0 aliphatic carbocycles. The van der Waals surface area contributed by atoms with Gasteiger partial charge in [-0.25, -0.2) is 4.98 Å². The van der Waals surface area contributed by atoms with Crippen LogP contribution in [0.2, 0.25) is 0 Å². The molecule has 0 fully saturated rings. The van der Waals surface area contributed by atoms with E-state index in [2.05, 4.69) is 17.2 Å². The van der Waals surface area contributed by atoms with Gasteiger partial charge in [-0.15, -0.1) is 11.3 Å². The molecule has 0 aliphatic rings. The predicted molar refractivity (Wildman–Crippen MR) is 96.2 cm³/mol. The summed E-state index contributed by atoms with van der Waals surface area (Å²) in [4.78, 5) is 18.0. The second-order valence-corrected chi connectivity index (χ2v) is 6.94. The molecule has 2 aromatic carbocycles. The third-order valence-corrected chi connectivity index (χ3v) is 4.52. The molecular formula is C19H18N2OS. The lowest BCUT2D eigenvalue weighted by molar-refractivity contribution is 0.102. The van der Waals surface area contributed by atoms with Crippen LogP contribution in [0.25, 0.3) is 11.3 Å². The Morgan fingerprint density at radius 3 is 2.17 bits per heavy atom. The molecule has 0 bridgehead atoms. The van der Waals surface area contributed by atoms with Gasteiger partial charge in [0.05, 0.1) is 10.7 Å². The molecule has 1 amide bonds. The second kappa shape index (κ2) is 6.34. The van der Waals surface area contributed by atoms with Gasteiger partial charge in [0.15, 0.2) is 0 Å². The van der Waals surface area contributed by atoms with Crippen molar-refractivity contribution in [3.05, 3.63) is 69.5 Å². The molecule has 0 unspecified atom stereocenters. The fraction of sp³-hybridized carbons (Fsp3) is 0.158. The highest BCUT2D eigenvalue weighted by Gasteiger charge is 2.10. The molecule has 0 saturated heterocycles. The van der Waals surface area contributed by atoms with Crippen LogP contribution in [-0.4, -0.2) is 10.9 Å². The van der Waals surface area contributed by atoms with Crippen LogP contribution in [0, 0.1) is 20.8 Å². The lowest BCUT2D eigenvalue weighted by atomic mass is 10.1. The normalized spacial score (nSPS) is 10.6. The maximum atomic E-state index is 12.3. The third kappa shape index (κ3) is 3.48. The fourth-order valence-electron chi connectivity index (χ4n) is 2.42. The molecule has 0 spiro atoms. The first kappa shape index (κ1) is 15.4. The highest BCUT2D eigenvalue weighted by Crippen LogP contribution is 2.27. The molecule has 1 N–H and O–H groups in total. The van der Waals surface area contributed by atoms with Crippen LogP contribution in [0.4, 0.5) is 5.69 Å². The van der Waals surface area contributed by atoms with Crippen LogP contribution in [0.3, 0.4) is 0 Å². The number of aryl methyl sites for hydroxylation is 3. The molecule has 116 valence electrons. The lowest BCUT2D eigenvalue weighted by Crippen LogP contribution is -2.11. The molecule has 3 rings (SSSR count). The molecule has 0 atom stereocenters. The van der Waals surface area contributed by atoms with Crippen LogP contribution < -0.4 is 5.32 Å². The number of rotatable bonds is 3. The topological polar surface area (TPSA) is 42.0 Å². The van der Waals surface area contributed by atoms with E-state index in [0.29, 0.717) is 5.56 Å². The van der Waals surface area contributed by atoms with E-state index in [1.165, 1.54) is 10.4 Å². The van der Waals surface area contributed by atoms with Crippen LogP contribution in [0.1, 0.15) is 25.8 Å². The van der Waals surface area contributed by atoms with Crippen molar-refractivity contribution in [1.82, 2.24) is 4.98 Å². The van der Waals surface area contributed by atoms with E-state index in [4.69, 9.17) is 0 Å². The minimum Gasteiger partial charge on any atom is -0.322 e. The van der Waals surface area contributed by atoms with E-state index in [9.17, 15) is 4.79 Å². The van der Waals surface area contributed by atoms with Gasteiger partial charge in [-0.2, -0.15) is 0 Å². The maximum absolute atomic E-state index is 12.3. The molecule has 23 heavy (non-hydrogen) atoms. The summed E-state index contributed by atoms with van der Waals surface area (Å²) < 4.78 is 0. The highest BCUT2D eigenvalue weighted by atomic mass is 32.1. The summed E-state index contributed by atoms with van der Waals surface area (Å²) in [5.74, 6) is -0.105. The summed E-state index contributed by atoms with van der Waals surface area (Å²) >= 11 is 1.69. The standard InChI is InChI=1S/C19H18N2OS/c1-12-4-10-17(11-5-12)21-19(22)16-8-6-15(7-9-16)18-13(2)23-14(3)20-18/h4-11H,1-3H3,(H,21,22). The number of aromatic nitrogens is 1. The Morgan fingerprint density at radius 2 is 1.61 bits per heavy atom. The Kier molecular flexibility index (Phi) is 4.26. The van der Waals surface area contributed by atoms with Gasteiger partial charge in [-0.05, 0) is 45.0 Å². The number of anilines is 1. The fourth-order valence-corrected chi connectivity index (χ4v) is 3.26. The Bertz CT molecular complexity index is 833. The number of benzene rings is 2. The first-order valence-corrected chi connectivity index (χ1v) is 8.27. The van der Waals surface area contributed by atoms with Gasteiger partial charge in [0.1, 0.15) is 0 Å². The minimum atomic E-state index is -0.105. The first-order valence-electron chi connectivity index (χ1n) is 7.45. The Labute approximate surface area is 140 Å². The van der Waals surface area contributed by atoms with Crippen molar-refractivity contribution in [2.24, 2.45) is 0 Å². The van der Waals surface area contributed by atoms with Gasteiger partial charge >= 0.3 is 0 Å². The molecule has 3 aromatic rings. The van der Waals surface area contributed by atoms with Crippen molar-refractivity contribution < 1.29 is 4.79 Å². The van der Waals surface area contributed by atoms with Gasteiger partial charge in [-0.3, -0.25) is 4.79 Å². The summed E-state index contributed by atoms with van der Waals surface area (Å²) in [6.45, 7) is 6.09. The van der Waals surface area contributed by atoms with Gasteiger partial charge in [-0.1, -0.05) is 29.8 Å². The smallest absolute Gasteiger partial charge is 0.255 e. The molecule has 1 heterocycles. The summed E-state index contributed by atoms with van der Waals surface area (Å²) in [7, 11) is 0. The molecular weight excluding hydrogens is 304 g/mol. The van der Waals surface area contributed by atoms with Crippen molar-refractivity contribution in [2.45, 2.75) is 20.8 Å². The van der Waals surface area contributed by atoms with E-state index in [1.807, 2.05) is 62.4 Å². The van der Waals surface area contributed by atoms with Crippen molar-refractivity contribution in [3.63, 3.8) is 0 Å². The van der Waals surface area contributed by atoms with Crippen molar-refractivity contribution in [2.75, 3.05) is 5.32 Å². The summed E-state index contributed by atoms with van der Waals surface area (Å²) in [5.41, 5.74) is 4.65. The molecule has 0 saturated carbocycles. The molecule has 4 heteroatoms. The number of carbonyl (C=O) groups is 1. The van der Waals surface area contributed by atoms with Crippen molar-refractivity contribution in [1.29, 1.82) is 0 Å². The second-order valence-electron chi connectivity index (χ2n) is 5.54. The first-order chi connectivity index (χ1) is 11.0. The minimum absolute atomic E-state index is 0.105. The number of nitrogens with zero attached hydrogens (tertiary/aromatic N) is 1. The quantitative estimate of drug-likeness (QED) is 0.738. The maximum Gasteiger partial charge on any atom is 0.255 e. The molecule has 1 aromatic heterocycles. The third-order valence-electron chi connectivity index (χ3n) is 3.63. The van der Waals surface area contributed by atoms with Gasteiger partial charge in [0.25, 0.3) is 5.91 Å². The zero-order valence-corrected chi connectivity index (χ0v) is 14.2. The van der Waals surface area contributed by atoms with E-state index in [-0.39, 0.29) is 5.91 Å². The van der Waals surface area contributed by atoms with E-state index < -0.39 is 0 Å². The number of hydrogen-bond acceptors (Lipinski definition) is 3. The summed E-state index contributed by atoms with van der Waals surface area (Å²) in [6, 6.07) is 15.3. The number of hydrogen-bond donors (Lipinski definition) is 1. The van der Waals surface area contributed by atoms with Gasteiger partial charge in [0.2, 0.25) is 0 Å². The Balaban J connectivity index is 1.77. The van der Waals surface area contributed by atoms with Crippen LogP contribution in [0.15, 0.2) is 48.5 Å². The van der Waals surface area contributed by atoms with Crippen LogP contribution in [-0.2, 0) is 0 Å². The lowest BCUT2D eigenvalue weighted by Gasteiger charge is -2.06. The van der Waals surface area contributed by atoms with Crippen molar-refractivity contribution >= 4 is 22.9 Å². The zero-order chi connectivity index (χ0) is 16.4. The Morgan fingerprint density at radius 1 is 0.957 bits per heavy atom. The Hall–Kier alpha value is -2.46. The largest absolute Gasteiger partial charge is 0.322 e. The predicted octanol–water partition coefficient (Wildman–Crippen LogP) is 4.99. The van der Waals surface area contributed by atoms with E-state index in [0.717, 1.165) is 22.0 Å². The highest BCUT2D eigenvalue weighted by molar-refractivity contribution is 7.11. The SMILES string of the molecule is Cc1ccc(NC(=O)c2ccc(-c3nc(C)sc3C)cc2)cc1. The average Bonchev–Trinajstić information content (AvgIpc) is 2.88. The van der Waals surface area contributed by atoms with E-state index in [1.54, 1.807) is 11.3 Å². The van der Waals surface area contributed by atoms with Gasteiger partial charge in [0, 0.05) is 21.7 Å². The zero-order valence-electron chi connectivity index (χ0n) is 13.4. The summed E-state index contributed by atoms with van der Waals surface area (Å²) in [6.07, 6.45) is 0. The number of amides is 1. The van der Waals surface area contributed by atoms with Crippen LogP contribution in [0.5, 0.6) is 0 Å². The van der Waals surface area contributed by atoms with Crippen LogP contribution >= 0.6 is 11.3 Å². The van der Waals surface area contributed by atoms with Gasteiger partial charge < -0.3 is 5.32 Å². The summed E-state index contributed by atoms with van der Waals surface area (Å²) in [5, 5.41) is 3.96. The number of carbonyl (C=O) groups excluding carboxylic acids is 1. The number of thiazole rings is 1. The molecule has 0 radical (unpaired) electrons.